The number of rotatable bonds is 5. The van der Waals surface area contributed by atoms with Crippen LogP contribution in [0.3, 0.4) is 0 Å². The molecule has 0 unspecified atom stereocenters. The van der Waals surface area contributed by atoms with Crippen LogP contribution < -0.4 is 9.47 Å². The molecule has 1 aromatic carbocycles. The highest BCUT2D eigenvalue weighted by molar-refractivity contribution is 8.00. The first-order valence-electron chi connectivity index (χ1n) is 10.0. The number of thioether (sulfide) groups is 1. The zero-order chi connectivity index (χ0) is 22.1. The summed E-state index contributed by atoms with van der Waals surface area (Å²) in [7, 11) is -3.68. The molecule has 1 saturated heterocycles. The van der Waals surface area contributed by atoms with E-state index in [0.29, 0.717) is 37.8 Å². The Morgan fingerprint density at radius 1 is 1.06 bits per heavy atom. The Balaban J connectivity index is 1.20. The minimum absolute atomic E-state index is 0.0339. The lowest BCUT2D eigenvalue weighted by Crippen LogP contribution is -2.50. The Morgan fingerprint density at radius 2 is 1.84 bits per heavy atom. The van der Waals surface area contributed by atoms with E-state index in [0.717, 1.165) is 15.2 Å². The van der Waals surface area contributed by atoms with E-state index < -0.39 is 10.0 Å². The average molecular weight is 493 g/mol. The van der Waals surface area contributed by atoms with Crippen molar-refractivity contribution in [3.63, 3.8) is 0 Å². The number of piperazine rings is 1. The van der Waals surface area contributed by atoms with Crippen LogP contribution in [0.5, 0.6) is 11.5 Å². The number of ether oxygens (including phenoxy) is 2. The van der Waals surface area contributed by atoms with Gasteiger partial charge in [-0.25, -0.2) is 18.4 Å². The second-order valence-corrected chi connectivity index (χ2v) is 11.0. The van der Waals surface area contributed by atoms with Gasteiger partial charge >= 0.3 is 0 Å². The second-order valence-electron chi connectivity index (χ2n) is 7.20. The number of thiophene rings is 1. The molecule has 12 heteroatoms. The maximum Gasteiger partial charge on any atom is 0.243 e. The summed E-state index contributed by atoms with van der Waals surface area (Å²) < 4.78 is 38.5. The van der Waals surface area contributed by atoms with Gasteiger partial charge in [-0.3, -0.25) is 4.79 Å². The Kier molecular flexibility index (Phi) is 5.93. The highest BCUT2D eigenvalue weighted by Gasteiger charge is 2.31. The molecule has 0 N–H and O–H groups in total. The quantitative estimate of drug-likeness (QED) is 0.394. The molecule has 4 heterocycles. The molecule has 0 bridgehead atoms. The Morgan fingerprint density at radius 3 is 2.66 bits per heavy atom. The standard InChI is InChI=1S/C20H20N4O5S3/c25-18(12-31-20-15-3-10-30-19(15)21-13-22-20)23-4-6-24(7-5-23)32(26,27)14-1-2-16-17(11-14)29-9-8-28-16/h1-3,10-11,13H,4-9,12H2. The number of sulfonamides is 1. The molecule has 0 radical (unpaired) electrons. The number of amides is 1. The first kappa shape index (κ1) is 21.4. The van der Waals surface area contributed by atoms with E-state index in [-0.39, 0.29) is 29.6 Å². The second kappa shape index (κ2) is 8.85. The van der Waals surface area contributed by atoms with E-state index in [1.54, 1.807) is 11.0 Å². The van der Waals surface area contributed by atoms with Crippen LogP contribution in [0.4, 0.5) is 0 Å². The number of carbonyl (C=O) groups excluding carboxylic acids is 1. The largest absolute Gasteiger partial charge is 0.486 e. The van der Waals surface area contributed by atoms with Crippen LogP contribution in [-0.4, -0.2) is 78.6 Å². The van der Waals surface area contributed by atoms with Crippen molar-refractivity contribution in [2.75, 3.05) is 45.1 Å². The summed E-state index contributed by atoms with van der Waals surface area (Å²) in [5, 5.41) is 3.68. The molecular formula is C20H20N4O5S3. The maximum absolute atomic E-state index is 13.1. The van der Waals surface area contributed by atoms with Crippen molar-refractivity contribution < 1.29 is 22.7 Å². The Hall–Kier alpha value is -2.41. The molecule has 3 aromatic rings. The highest BCUT2D eigenvalue weighted by atomic mass is 32.2. The molecule has 9 nitrogen and oxygen atoms in total. The molecule has 1 amide bonds. The Bertz CT molecular complexity index is 1260. The molecule has 0 atom stereocenters. The van der Waals surface area contributed by atoms with E-state index in [1.807, 2.05) is 11.4 Å². The van der Waals surface area contributed by atoms with Crippen LogP contribution in [0.15, 0.2) is 45.9 Å². The van der Waals surface area contributed by atoms with Gasteiger partial charge in [-0.05, 0) is 23.6 Å². The summed E-state index contributed by atoms with van der Waals surface area (Å²) in [4.78, 5) is 24.0. The number of nitrogens with zero attached hydrogens (tertiary/aromatic N) is 4. The van der Waals surface area contributed by atoms with Gasteiger partial charge in [-0.15, -0.1) is 11.3 Å². The minimum atomic E-state index is -3.68. The zero-order valence-electron chi connectivity index (χ0n) is 17.0. The number of benzene rings is 1. The van der Waals surface area contributed by atoms with Crippen molar-refractivity contribution in [1.29, 1.82) is 0 Å². The van der Waals surface area contributed by atoms with E-state index in [4.69, 9.17) is 9.47 Å². The fraction of sp³-hybridized carbons (Fsp3) is 0.350. The lowest BCUT2D eigenvalue weighted by Gasteiger charge is -2.34. The third-order valence-corrected chi connectivity index (χ3v) is 9.01. The van der Waals surface area contributed by atoms with Gasteiger partial charge in [-0.2, -0.15) is 4.31 Å². The van der Waals surface area contributed by atoms with Crippen LogP contribution in [0.2, 0.25) is 0 Å². The number of fused-ring (bicyclic) bond motifs is 2. The van der Waals surface area contributed by atoms with Crippen molar-refractivity contribution in [2.45, 2.75) is 9.92 Å². The van der Waals surface area contributed by atoms with Crippen molar-refractivity contribution in [1.82, 2.24) is 19.2 Å². The summed E-state index contributed by atoms with van der Waals surface area (Å²) in [5.41, 5.74) is 0. The van der Waals surface area contributed by atoms with Crippen LogP contribution >= 0.6 is 23.1 Å². The summed E-state index contributed by atoms with van der Waals surface area (Å²) in [5.74, 6) is 1.20. The van der Waals surface area contributed by atoms with Crippen molar-refractivity contribution in [3.8, 4) is 11.5 Å². The minimum Gasteiger partial charge on any atom is -0.486 e. The summed E-state index contributed by atoms with van der Waals surface area (Å²) in [6, 6.07) is 6.61. The molecule has 0 saturated carbocycles. The van der Waals surface area contributed by atoms with Crippen LogP contribution in [0.25, 0.3) is 10.2 Å². The molecule has 2 aliphatic heterocycles. The van der Waals surface area contributed by atoms with Crippen LogP contribution in [0.1, 0.15) is 0 Å². The van der Waals surface area contributed by atoms with Crippen molar-refractivity contribution in [3.05, 3.63) is 36.0 Å². The molecular weight excluding hydrogens is 472 g/mol. The van der Waals surface area contributed by atoms with Gasteiger partial charge in [0.15, 0.2) is 11.5 Å². The predicted molar refractivity (Wildman–Crippen MR) is 121 cm³/mol. The van der Waals surface area contributed by atoms with Crippen LogP contribution in [-0.2, 0) is 14.8 Å². The molecule has 2 aromatic heterocycles. The monoisotopic (exact) mass is 492 g/mol. The summed E-state index contributed by atoms with van der Waals surface area (Å²) in [6.07, 6.45) is 1.51. The highest BCUT2D eigenvalue weighted by Crippen LogP contribution is 2.33. The predicted octanol–water partition coefficient (Wildman–Crippen LogP) is 2.09. The van der Waals surface area contributed by atoms with E-state index in [1.165, 1.54) is 45.9 Å². The first-order valence-corrected chi connectivity index (χ1v) is 13.3. The smallest absolute Gasteiger partial charge is 0.243 e. The third kappa shape index (κ3) is 4.15. The van der Waals surface area contributed by atoms with Gasteiger partial charge in [0.25, 0.3) is 0 Å². The fourth-order valence-electron chi connectivity index (χ4n) is 3.61. The van der Waals surface area contributed by atoms with Gasteiger partial charge < -0.3 is 14.4 Å². The van der Waals surface area contributed by atoms with Crippen LogP contribution in [0, 0.1) is 0 Å². The van der Waals surface area contributed by atoms with Crippen molar-refractivity contribution >= 4 is 49.2 Å². The van der Waals surface area contributed by atoms with Crippen molar-refractivity contribution in [2.24, 2.45) is 0 Å². The van der Waals surface area contributed by atoms with E-state index in [2.05, 4.69) is 9.97 Å². The van der Waals surface area contributed by atoms with Gasteiger partial charge in [0, 0.05) is 37.6 Å². The number of hydrogen-bond donors (Lipinski definition) is 0. The Labute approximate surface area is 193 Å². The molecule has 5 rings (SSSR count). The fourth-order valence-corrected chi connectivity index (χ4v) is 6.73. The lowest BCUT2D eigenvalue weighted by atomic mass is 10.3. The summed E-state index contributed by atoms with van der Waals surface area (Å²) in [6.45, 7) is 2.03. The maximum atomic E-state index is 13.1. The first-order chi connectivity index (χ1) is 15.5. The summed E-state index contributed by atoms with van der Waals surface area (Å²) >= 11 is 2.91. The normalized spacial score (nSPS) is 16.9. The van der Waals surface area contributed by atoms with Gasteiger partial charge in [-0.1, -0.05) is 11.8 Å². The van der Waals surface area contributed by atoms with Gasteiger partial charge in [0.2, 0.25) is 15.9 Å². The molecule has 0 aliphatic carbocycles. The molecule has 1 fully saturated rings. The number of aromatic nitrogens is 2. The third-order valence-electron chi connectivity index (χ3n) is 5.30. The average Bonchev–Trinajstić information content (AvgIpc) is 3.32. The van der Waals surface area contributed by atoms with Gasteiger partial charge in [0.1, 0.15) is 29.4 Å². The SMILES string of the molecule is O=C(CSc1ncnc2sccc12)N1CCN(S(=O)(=O)c2ccc3c(c2)OCCO3)CC1. The van der Waals surface area contributed by atoms with E-state index >= 15 is 0 Å². The van der Waals surface area contributed by atoms with E-state index in [9.17, 15) is 13.2 Å². The number of carbonyl (C=O) groups is 1. The molecule has 2 aliphatic rings. The molecule has 0 spiro atoms. The van der Waals surface area contributed by atoms with Gasteiger partial charge in [0.05, 0.1) is 10.6 Å². The number of hydrogen-bond acceptors (Lipinski definition) is 9. The topological polar surface area (TPSA) is 102 Å². The zero-order valence-corrected chi connectivity index (χ0v) is 19.4. The molecule has 32 heavy (non-hydrogen) atoms. The lowest BCUT2D eigenvalue weighted by molar-refractivity contribution is -0.129. The molecule has 168 valence electrons.